The summed E-state index contributed by atoms with van der Waals surface area (Å²) in [5.41, 5.74) is 6.57. The number of hydrogen-bond acceptors (Lipinski definition) is 6. The highest BCUT2D eigenvalue weighted by molar-refractivity contribution is 5.33. The van der Waals surface area contributed by atoms with Crippen molar-refractivity contribution in [2.45, 2.75) is 45.3 Å². The first kappa shape index (κ1) is 17.4. The van der Waals surface area contributed by atoms with Gasteiger partial charge in [-0.3, -0.25) is 4.90 Å². The maximum absolute atomic E-state index is 5.98. The average molecular weight is 318 g/mol. The van der Waals surface area contributed by atoms with Crippen molar-refractivity contribution in [1.29, 1.82) is 0 Å². The maximum atomic E-state index is 5.98. The molecule has 0 fully saturated rings. The van der Waals surface area contributed by atoms with Crippen LogP contribution in [0.4, 0.5) is 0 Å². The van der Waals surface area contributed by atoms with Gasteiger partial charge < -0.3 is 15.0 Å². The van der Waals surface area contributed by atoms with Gasteiger partial charge in [0.05, 0.1) is 19.2 Å². The van der Waals surface area contributed by atoms with Gasteiger partial charge in [0, 0.05) is 6.04 Å². The Kier molecular flexibility index (Phi) is 5.38. The molecule has 2 aromatic rings. The molecule has 0 radical (unpaired) electrons. The number of likely N-dealkylation sites (N-methyl/N-ethyl adjacent to an activating group) is 1. The molecule has 126 valence electrons. The Balaban J connectivity index is 2.00. The number of aromatic nitrogens is 2. The summed E-state index contributed by atoms with van der Waals surface area (Å²) in [5.74, 6) is 2.02. The van der Waals surface area contributed by atoms with E-state index in [1.165, 1.54) is 5.56 Å². The van der Waals surface area contributed by atoms with Gasteiger partial charge in [0.25, 0.3) is 0 Å². The third-order valence-corrected chi connectivity index (χ3v) is 3.89. The van der Waals surface area contributed by atoms with Crippen molar-refractivity contribution in [3.05, 3.63) is 41.5 Å². The number of ether oxygens (including phenoxy) is 1. The van der Waals surface area contributed by atoms with Crippen LogP contribution >= 0.6 is 0 Å². The lowest BCUT2D eigenvalue weighted by Crippen LogP contribution is -2.31. The second kappa shape index (κ2) is 7.10. The van der Waals surface area contributed by atoms with Gasteiger partial charge in [-0.25, -0.2) is 0 Å². The molecule has 1 atom stereocenters. The molecule has 1 aromatic heterocycles. The minimum Gasteiger partial charge on any atom is -0.496 e. The monoisotopic (exact) mass is 318 g/mol. The lowest BCUT2D eigenvalue weighted by atomic mass is 10.1. The van der Waals surface area contributed by atoms with Gasteiger partial charge in [0.15, 0.2) is 5.82 Å². The van der Waals surface area contributed by atoms with Gasteiger partial charge in [-0.2, -0.15) is 4.98 Å². The van der Waals surface area contributed by atoms with E-state index in [9.17, 15) is 0 Å². The first-order chi connectivity index (χ1) is 10.8. The van der Waals surface area contributed by atoms with Gasteiger partial charge in [-0.05, 0) is 45.9 Å². The number of para-hydroxylation sites is 1. The van der Waals surface area contributed by atoms with Crippen molar-refractivity contribution in [2.75, 3.05) is 14.2 Å². The van der Waals surface area contributed by atoms with E-state index in [2.05, 4.69) is 28.0 Å². The van der Waals surface area contributed by atoms with Crippen molar-refractivity contribution in [3.8, 4) is 5.75 Å². The zero-order valence-electron chi connectivity index (χ0n) is 14.5. The molecule has 1 heterocycles. The fourth-order valence-electron chi connectivity index (χ4n) is 2.30. The van der Waals surface area contributed by atoms with Crippen molar-refractivity contribution >= 4 is 0 Å². The Morgan fingerprint density at radius 3 is 2.65 bits per heavy atom. The van der Waals surface area contributed by atoms with E-state index in [-0.39, 0.29) is 0 Å². The molecule has 6 heteroatoms. The molecular formula is C17H26N4O2. The molecule has 2 rings (SSSR count). The minimum atomic E-state index is -0.594. The number of hydrogen-bond donors (Lipinski definition) is 1. The molecule has 0 spiro atoms. The molecule has 0 aliphatic rings. The van der Waals surface area contributed by atoms with E-state index in [1.807, 2.05) is 39.1 Å². The van der Waals surface area contributed by atoms with Gasteiger partial charge in [-0.1, -0.05) is 23.4 Å². The number of methoxy groups -OCH3 is 1. The molecule has 0 aliphatic carbocycles. The molecular weight excluding hydrogens is 292 g/mol. The first-order valence-electron chi connectivity index (χ1n) is 7.75. The van der Waals surface area contributed by atoms with Crippen LogP contribution in [0.25, 0.3) is 0 Å². The summed E-state index contributed by atoms with van der Waals surface area (Å²) in [7, 11) is 3.74. The van der Waals surface area contributed by atoms with Crippen LogP contribution in [-0.2, 0) is 18.5 Å². The topological polar surface area (TPSA) is 77.4 Å². The third-order valence-electron chi connectivity index (χ3n) is 3.89. The van der Waals surface area contributed by atoms with Crippen LogP contribution in [-0.4, -0.2) is 35.2 Å². The Bertz CT molecular complexity index is 634. The Morgan fingerprint density at radius 1 is 1.35 bits per heavy atom. The zero-order valence-corrected chi connectivity index (χ0v) is 14.5. The zero-order chi connectivity index (χ0) is 17.0. The smallest absolute Gasteiger partial charge is 0.240 e. The molecule has 23 heavy (non-hydrogen) atoms. The minimum absolute atomic E-state index is 0.299. The molecule has 1 unspecified atom stereocenters. The lowest BCUT2D eigenvalue weighted by molar-refractivity contribution is 0.212. The summed E-state index contributed by atoms with van der Waals surface area (Å²) in [5, 5.41) is 3.95. The van der Waals surface area contributed by atoms with Crippen molar-refractivity contribution in [3.63, 3.8) is 0 Å². The number of nitrogens with zero attached hydrogens (tertiary/aromatic N) is 3. The van der Waals surface area contributed by atoms with E-state index >= 15 is 0 Å². The highest BCUT2D eigenvalue weighted by atomic mass is 16.5. The third kappa shape index (κ3) is 4.53. The predicted molar refractivity (Wildman–Crippen MR) is 89.1 cm³/mol. The quantitative estimate of drug-likeness (QED) is 0.844. The van der Waals surface area contributed by atoms with Crippen LogP contribution < -0.4 is 10.5 Å². The van der Waals surface area contributed by atoms with E-state index in [4.69, 9.17) is 15.0 Å². The molecule has 1 aromatic carbocycles. The molecule has 0 saturated heterocycles. The summed E-state index contributed by atoms with van der Waals surface area (Å²) >= 11 is 0. The largest absolute Gasteiger partial charge is 0.496 e. The molecule has 0 amide bonds. The SMILES string of the molecule is COc1ccccc1CC(C)N(C)Cc1nc(C(C)(C)N)no1. The number of benzene rings is 1. The predicted octanol–water partition coefficient (Wildman–Crippen LogP) is 2.33. The Labute approximate surface area is 137 Å². The van der Waals surface area contributed by atoms with E-state index in [0.29, 0.717) is 24.3 Å². The lowest BCUT2D eigenvalue weighted by Gasteiger charge is -2.23. The van der Waals surface area contributed by atoms with Crippen molar-refractivity contribution in [1.82, 2.24) is 15.0 Å². The summed E-state index contributed by atoms with van der Waals surface area (Å²) in [4.78, 5) is 6.55. The van der Waals surface area contributed by atoms with E-state index in [0.717, 1.165) is 12.2 Å². The van der Waals surface area contributed by atoms with E-state index in [1.54, 1.807) is 7.11 Å². The van der Waals surface area contributed by atoms with Crippen LogP contribution in [0, 0.1) is 0 Å². The van der Waals surface area contributed by atoms with E-state index < -0.39 is 5.54 Å². The summed E-state index contributed by atoms with van der Waals surface area (Å²) in [6.45, 7) is 6.46. The number of rotatable bonds is 7. The molecule has 0 bridgehead atoms. The van der Waals surface area contributed by atoms with Crippen molar-refractivity contribution < 1.29 is 9.26 Å². The van der Waals surface area contributed by atoms with Crippen LogP contribution in [0.1, 0.15) is 38.0 Å². The first-order valence-corrected chi connectivity index (χ1v) is 7.75. The van der Waals surface area contributed by atoms with Crippen LogP contribution in [0.5, 0.6) is 5.75 Å². The Hall–Kier alpha value is -1.92. The second-order valence-electron chi connectivity index (χ2n) is 6.51. The summed E-state index contributed by atoms with van der Waals surface area (Å²) < 4.78 is 10.7. The van der Waals surface area contributed by atoms with Gasteiger partial charge in [0.1, 0.15) is 5.75 Å². The normalized spacial score (nSPS) is 13.3. The number of nitrogens with two attached hydrogens (primary N) is 1. The van der Waals surface area contributed by atoms with Gasteiger partial charge in [-0.15, -0.1) is 0 Å². The molecule has 6 nitrogen and oxygen atoms in total. The van der Waals surface area contributed by atoms with Crippen LogP contribution in [0.15, 0.2) is 28.8 Å². The molecule has 2 N–H and O–H groups in total. The summed E-state index contributed by atoms with van der Waals surface area (Å²) in [6, 6.07) is 8.37. The Morgan fingerprint density at radius 2 is 2.04 bits per heavy atom. The molecule has 0 saturated carbocycles. The highest BCUT2D eigenvalue weighted by Gasteiger charge is 2.22. The van der Waals surface area contributed by atoms with Crippen LogP contribution in [0.2, 0.25) is 0 Å². The summed E-state index contributed by atoms with van der Waals surface area (Å²) in [6.07, 6.45) is 0.879. The highest BCUT2D eigenvalue weighted by Crippen LogP contribution is 2.21. The fourth-order valence-corrected chi connectivity index (χ4v) is 2.30. The van der Waals surface area contributed by atoms with Gasteiger partial charge in [0.2, 0.25) is 5.89 Å². The fraction of sp³-hybridized carbons (Fsp3) is 0.529. The van der Waals surface area contributed by atoms with Crippen LogP contribution in [0.3, 0.4) is 0 Å². The molecule has 0 aliphatic heterocycles. The average Bonchev–Trinajstić information content (AvgIpc) is 2.96. The maximum Gasteiger partial charge on any atom is 0.240 e. The second-order valence-corrected chi connectivity index (χ2v) is 6.51. The van der Waals surface area contributed by atoms with Crippen molar-refractivity contribution in [2.24, 2.45) is 5.73 Å². The van der Waals surface area contributed by atoms with Gasteiger partial charge >= 0.3 is 0 Å². The standard InChI is InChI=1S/C17H26N4O2/c1-12(10-13-8-6-7-9-14(13)22-5)21(4)11-15-19-16(20-23-15)17(2,3)18/h6-9,12H,10-11,18H2,1-5H3.